The van der Waals surface area contributed by atoms with E-state index in [1.165, 1.54) is 25.4 Å². The van der Waals surface area contributed by atoms with Gasteiger partial charge in [0.1, 0.15) is 5.82 Å². The van der Waals surface area contributed by atoms with E-state index in [1.807, 2.05) is 0 Å². The monoisotopic (exact) mass is 233 g/mol. The number of hydrogen-bond donors (Lipinski definition) is 3. The first-order valence-electron chi connectivity index (χ1n) is 4.88. The van der Waals surface area contributed by atoms with Gasteiger partial charge in [0, 0.05) is 11.6 Å². The Morgan fingerprint density at radius 2 is 2.29 bits per heavy atom. The van der Waals surface area contributed by atoms with E-state index in [4.69, 9.17) is 4.74 Å². The van der Waals surface area contributed by atoms with E-state index in [-0.39, 0.29) is 11.7 Å². The number of aromatic amines is 1. The smallest absolute Gasteiger partial charge is 0.256 e. The van der Waals surface area contributed by atoms with Gasteiger partial charge in [-0.3, -0.25) is 9.89 Å². The fraction of sp³-hybridized carbons (Fsp3) is 0.0909. The van der Waals surface area contributed by atoms with Gasteiger partial charge in [-0.05, 0) is 18.2 Å². The van der Waals surface area contributed by atoms with Crippen LogP contribution in [0.25, 0.3) is 0 Å². The molecule has 2 rings (SSSR count). The SMILES string of the molecule is COc1ccc(C(=O)Nc2ccn[nH]2)cc1O. The van der Waals surface area contributed by atoms with Gasteiger partial charge in [-0.25, -0.2) is 0 Å². The fourth-order valence-electron chi connectivity index (χ4n) is 1.35. The Labute approximate surface area is 97.2 Å². The highest BCUT2D eigenvalue weighted by molar-refractivity contribution is 6.04. The molecular weight excluding hydrogens is 222 g/mol. The van der Waals surface area contributed by atoms with E-state index >= 15 is 0 Å². The van der Waals surface area contributed by atoms with Crippen molar-refractivity contribution in [1.82, 2.24) is 10.2 Å². The predicted molar refractivity (Wildman–Crippen MR) is 61.2 cm³/mol. The number of carbonyl (C=O) groups excluding carboxylic acids is 1. The molecule has 0 radical (unpaired) electrons. The number of amides is 1. The van der Waals surface area contributed by atoms with Gasteiger partial charge in [0.05, 0.1) is 13.3 Å². The summed E-state index contributed by atoms with van der Waals surface area (Å²) < 4.78 is 4.89. The molecule has 0 saturated carbocycles. The maximum Gasteiger partial charge on any atom is 0.256 e. The molecule has 1 heterocycles. The average Bonchev–Trinajstić information content (AvgIpc) is 2.81. The predicted octanol–water partition coefficient (Wildman–Crippen LogP) is 1.38. The largest absolute Gasteiger partial charge is 0.504 e. The fourth-order valence-corrected chi connectivity index (χ4v) is 1.35. The minimum Gasteiger partial charge on any atom is -0.504 e. The number of methoxy groups -OCH3 is 1. The zero-order valence-corrected chi connectivity index (χ0v) is 9.10. The molecule has 17 heavy (non-hydrogen) atoms. The lowest BCUT2D eigenvalue weighted by Gasteiger charge is -2.06. The minimum atomic E-state index is -0.341. The first-order valence-corrected chi connectivity index (χ1v) is 4.88. The summed E-state index contributed by atoms with van der Waals surface area (Å²) in [6.07, 6.45) is 1.53. The van der Waals surface area contributed by atoms with Crippen LogP contribution in [-0.4, -0.2) is 28.3 Å². The molecule has 0 fully saturated rings. The number of nitrogens with one attached hydrogen (secondary N) is 2. The molecule has 6 heteroatoms. The van der Waals surface area contributed by atoms with Crippen LogP contribution in [0.5, 0.6) is 11.5 Å². The van der Waals surface area contributed by atoms with Gasteiger partial charge in [0.2, 0.25) is 0 Å². The molecule has 1 amide bonds. The van der Waals surface area contributed by atoms with Crippen LogP contribution >= 0.6 is 0 Å². The van der Waals surface area contributed by atoms with Crippen LogP contribution in [-0.2, 0) is 0 Å². The van der Waals surface area contributed by atoms with Gasteiger partial charge in [-0.2, -0.15) is 5.10 Å². The van der Waals surface area contributed by atoms with Crippen molar-refractivity contribution in [1.29, 1.82) is 0 Å². The molecule has 0 spiro atoms. The summed E-state index contributed by atoms with van der Waals surface area (Å²) in [7, 11) is 1.44. The summed E-state index contributed by atoms with van der Waals surface area (Å²) in [5.74, 6) is 0.394. The molecule has 1 aromatic carbocycles. The molecule has 3 N–H and O–H groups in total. The van der Waals surface area contributed by atoms with Crippen LogP contribution in [0.1, 0.15) is 10.4 Å². The van der Waals surface area contributed by atoms with E-state index in [2.05, 4.69) is 15.5 Å². The zero-order valence-electron chi connectivity index (χ0n) is 9.10. The Morgan fingerprint density at radius 1 is 1.47 bits per heavy atom. The van der Waals surface area contributed by atoms with Crippen LogP contribution in [0.4, 0.5) is 5.82 Å². The Morgan fingerprint density at radius 3 is 2.88 bits per heavy atom. The molecule has 88 valence electrons. The number of nitrogens with zero attached hydrogens (tertiary/aromatic N) is 1. The van der Waals surface area contributed by atoms with Gasteiger partial charge >= 0.3 is 0 Å². The van der Waals surface area contributed by atoms with Gasteiger partial charge in [-0.1, -0.05) is 0 Å². The maximum atomic E-state index is 11.8. The summed E-state index contributed by atoms with van der Waals surface area (Å²) in [5.41, 5.74) is 0.331. The number of benzene rings is 1. The van der Waals surface area contributed by atoms with Crippen molar-refractivity contribution < 1.29 is 14.6 Å². The number of ether oxygens (including phenoxy) is 1. The van der Waals surface area contributed by atoms with Crippen molar-refractivity contribution >= 4 is 11.7 Å². The summed E-state index contributed by atoms with van der Waals surface area (Å²) in [4.78, 5) is 11.8. The van der Waals surface area contributed by atoms with Crippen LogP contribution in [0.15, 0.2) is 30.5 Å². The quantitative estimate of drug-likeness (QED) is 0.747. The minimum absolute atomic E-state index is 0.0789. The molecular formula is C11H11N3O3. The second kappa shape index (κ2) is 4.56. The molecule has 0 unspecified atom stereocenters. The molecule has 0 atom stereocenters. The number of hydrogen-bond acceptors (Lipinski definition) is 4. The van der Waals surface area contributed by atoms with Crippen LogP contribution in [0, 0.1) is 0 Å². The van der Waals surface area contributed by atoms with Crippen molar-refractivity contribution in [3.05, 3.63) is 36.0 Å². The normalized spacial score (nSPS) is 9.94. The Kier molecular flexibility index (Phi) is 2.95. The van der Waals surface area contributed by atoms with Crippen molar-refractivity contribution in [2.45, 2.75) is 0 Å². The zero-order chi connectivity index (χ0) is 12.3. The van der Waals surface area contributed by atoms with Gasteiger partial charge in [0.15, 0.2) is 11.5 Å². The molecule has 0 bridgehead atoms. The third-order valence-electron chi connectivity index (χ3n) is 2.19. The third-order valence-corrected chi connectivity index (χ3v) is 2.19. The van der Waals surface area contributed by atoms with Crippen LogP contribution in [0.3, 0.4) is 0 Å². The number of carbonyl (C=O) groups is 1. The van der Waals surface area contributed by atoms with Gasteiger partial charge in [-0.15, -0.1) is 0 Å². The Balaban J connectivity index is 2.17. The number of aromatic hydroxyl groups is 1. The number of phenols is 1. The summed E-state index contributed by atoms with van der Waals surface area (Å²) in [6.45, 7) is 0. The van der Waals surface area contributed by atoms with E-state index in [0.717, 1.165) is 0 Å². The number of anilines is 1. The standard InChI is InChI=1S/C11H11N3O3/c1-17-9-3-2-7(6-8(9)15)11(16)13-10-4-5-12-14-10/h2-6,15H,1H3,(H2,12,13,14,16). The van der Waals surface area contributed by atoms with Crippen LogP contribution < -0.4 is 10.1 Å². The molecule has 0 aliphatic heterocycles. The molecule has 1 aromatic heterocycles. The first kappa shape index (κ1) is 11.0. The van der Waals surface area contributed by atoms with Gasteiger partial charge < -0.3 is 15.2 Å². The summed E-state index contributed by atoms with van der Waals surface area (Å²) in [5, 5.41) is 18.4. The molecule has 6 nitrogen and oxygen atoms in total. The van der Waals surface area contributed by atoms with E-state index in [9.17, 15) is 9.90 Å². The number of rotatable bonds is 3. The lowest BCUT2D eigenvalue weighted by atomic mass is 10.2. The second-order valence-electron chi connectivity index (χ2n) is 3.31. The van der Waals surface area contributed by atoms with E-state index in [1.54, 1.807) is 12.1 Å². The summed E-state index contributed by atoms with van der Waals surface area (Å²) >= 11 is 0. The third kappa shape index (κ3) is 2.36. The van der Waals surface area contributed by atoms with Crippen LogP contribution in [0.2, 0.25) is 0 Å². The Hall–Kier alpha value is -2.50. The average molecular weight is 233 g/mol. The number of aromatic nitrogens is 2. The highest BCUT2D eigenvalue weighted by Gasteiger charge is 2.10. The highest BCUT2D eigenvalue weighted by atomic mass is 16.5. The van der Waals surface area contributed by atoms with E-state index in [0.29, 0.717) is 17.1 Å². The van der Waals surface area contributed by atoms with Crippen molar-refractivity contribution in [3.63, 3.8) is 0 Å². The lowest BCUT2D eigenvalue weighted by molar-refractivity contribution is 0.102. The topological polar surface area (TPSA) is 87.2 Å². The van der Waals surface area contributed by atoms with Crippen molar-refractivity contribution in [2.24, 2.45) is 0 Å². The molecule has 2 aromatic rings. The number of H-pyrrole nitrogens is 1. The highest BCUT2D eigenvalue weighted by Crippen LogP contribution is 2.26. The van der Waals surface area contributed by atoms with E-state index < -0.39 is 0 Å². The van der Waals surface area contributed by atoms with Gasteiger partial charge in [0.25, 0.3) is 5.91 Å². The first-order chi connectivity index (χ1) is 8.20. The van der Waals surface area contributed by atoms with Crippen molar-refractivity contribution in [3.8, 4) is 11.5 Å². The number of phenolic OH excluding ortho intramolecular Hbond substituents is 1. The molecule has 0 saturated heterocycles. The molecule has 0 aliphatic carbocycles. The maximum absolute atomic E-state index is 11.8. The van der Waals surface area contributed by atoms with Crippen molar-refractivity contribution in [2.75, 3.05) is 12.4 Å². The summed E-state index contributed by atoms with van der Waals surface area (Å²) in [6, 6.07) is 6.05. The lowest BCUT2D eigenvalue weighted by Crippen LogP contribution is -2.12. The second-order valence-corrected chi connectivity index (χ2v) is 3.31. The Bertz CT molecular complexity index is 523. The molecule has 0 aliphatic rings.